The monoisotopic (exact) mass is 349 g/mol. The Morgan fingerprint density at radius 1 is 1.36 bits per heavy atom. The van der Waals surface area contributed by atoms with Crippen LogP contribution in [0.15, 0.2) is 23.2 Å². The molecular formula is C19H31N3O3. The molecule has 1 fully saturated rings. The Morgan fingerprint density at radius 2 is 2.08 bits per heavy atom. The summed E-state index contributed by atoms with van der Waals surface area (Å²) in [7, 11) is 3.39. The van der Waals surface area contributed by atoms with Crippen molar-refractivity contribution < 1.29 is 14.2 Å². The fourth-order valence-corrected chi connectivity index (χ4v) is 3.34. The van der Waals surface area contributed by atoms with Crippen LogP contribution in [0, 0.1) is 6.92 Å². The number of ether oxygens (including phenoxy) is 3. The molecule has 140 valence electrons. The zero-order chi connectivity index (χ0) is 18.3. The van der Waals surface area contributed by atoms with Crippen LogP contribution >= 0.6 is 0 Å². The van der Waals surface area contributed by atoms with Crippen molar-refractivity contribution >= 4 is 5.96 Å². The van der Waals surface area contributed by atoms with Gasteiger partial charge >= 0.3 is 0 Å². The van der Waals surface area contributed by atoms with Crippen LogP contribution in [0.5, 0.6) is 5.75 Å². The fourth-order valence-electron chi connectivity index (χ4n) is 3.34. The number of nitrogens with two attached hydrogens (primary N) is 1. The molecule has 1 unspecified atom stereocenters. The standard InChI is InChI=1S/C19H31N3O3/c1-14-5-6-17(24-4)16(11-14)19(7-9-25-10-8-19)13-21-18(20)22-15(2)12-23-3/h5-6,11,15H,7-10,12-13H2,1-4H3,(H3,20,21,22). The number of aliphatic imine (C=N–C) groups is 1. The number of benzene rings is 1. The number of aryl methyl sites for hydroxylation is 1. The first-order valence-electron chi connectivity index (χ1n) is 8.79. The molecule has 0 bridgehead atoms. The van der Waals surface area contributed by atoms with Gasteiger partial charge in [0.2, 0.25) is 0 Å². The lowest BCUT2D eigenvalue weighted by Gasteiger charge is -2.37. The molecule has 1 saturated heterocycles. The highest BCUT2D eigenvalue weighted by molar-refractivity contribution is 5.78. The Kier molecular flexibility index (Phi) is 7.08. The minimum Gasteiger partial charge on any atom is -0.496 e. The number of methoxy groups -OCH3 is 2. The number of guanidine groups is 1. The van der Waals surface area contributed by atoms with Gasteiger partial charge in [-0.1, -0.05) is 17.7 Å². The smallest absolute Gasteiger partial charge is 0.188 e. The zero-order valence-corrected chi connectivity index (χ0v) is 15.8. The maximum Gasteiger partial charge on any atom is 0.188 e. The molecule has 25 heavy (non-hydrogen) atoms. The van der Waals surface area contributed by atoms with E-state index in [4.69, 9.17) is 19.9 Å². The molecule has 1 aliphatic heterocycles. The lowest BCUT2D eigenvalue weighted by atomic mass is 9.73. The van der Waals surface area contributed by atoms with E-state index in [2.05, 4.69) is 29.4 Å². The SMILES string of the molecule is COCC(C)NC(N)=NCC1(c2cc(C)ccc2OC)CCOCC1. The van der Waals surface area contributed by atoms with Crippen LogP contribution in [0.2, 0.25) is 0 Å². The summed E-state index contributed by atoms with van der Waals surface area (Å²) in [6.45, 7) is 6.75. The molecule has 0 spiro atoms. The van der Waals surface area contributed by atoms with Crippen LogP contribution in [0.4, 0.5) is 0 Å². The molecule has 2 rings (SSSR count). The Bertz CT molecular complexity index is 583. The molecule has 0 aliphatic carbocycles. The van der Waals surface area contributed by atoms with Gasteiger partial charge in [-0.05, 0) is 32.8 Å². The number of hydrogen-bond acceptors (Lipinski definition) is 4. The lowest BCUT2D eigenvalue weighted by Crippen LogP contribution is -2.43. The van der Waals surface area contributed by atoms with Crippen molar-refractivity contribution in [1.82, 2.24) is 5.32 Å². The summed E-state index contributed by atoms with van der Waals surface area (Å²) in [6.07, 6.45) is 1.80. The Balaban J connectivity index is 2.25. The lowest BCUT2D eigenvalue weighted by molar-refractivity contribution is 0.0522. The van der Waals surface area contributed by atoms with Crippen molar-refractivity contribution in [2.24, 2.45) is 10.7 Å². The summed E-state index contributed by atoms with van der Waals surface area (Å²) in [5.74, 6) is 1.35. The normalized spacial score (nSPS) is 18.6. The van der Waals surface area contributed by atoms with Crippen LogP contribution in [0.25, 0.3) is 0 Å². The van der Waals surface area contributed by atoms with E-state index in [-0.39, 0.29) is 11.5 Å². The van der Waals surface area contributed by atoms with E-state index in [1.165, 1.54) is 11.1 Å². The largest absolute Gasteiger partial charge is 0.496 e. The summed E-state index contributed by atoms with van der Waals surface area (Å²) in [5.41, 5.74) is 8.37. The molecule has 3 N–H and O–H groups in total. The van der Waals surface area contributed by atoms with Gasteiger partial charge in [-0.15, -0.1) is 0 Å². The Hall–Kier alpha value is -1.79. The zero-order valence-electron chi connectivity index (χ0n) is 15.8. The predicted molar refractivity (Wildman–Crippen MR) is 100 cm³/mol. The molecular weight excluding hydrogens is 318 g/mol. The molecule has 1 atom stereocenters. The molecule has 6 heteroatoms. The second-order valence-corrected chi connectivity index (χ2v) is 6.80. The fraction of sp³-hybridized carbons (Fsp3) is 0.632. The molecule has 1 aliphatic rings. The minimum atomic E-state index is -0.119. The minimum absolute atomic E-state index is 0.118. The summed E-state index contributed by atoms with van der Waals surface area (Å²) in [4.78, 5) is 4.64. The van der Waals surface area contributed by atoms with Crippen molar-refractivity contribution in [2.45, 2.75) is 38.1 Å². The van der Waals surface area contributed by atoms with Crippen molar-refractivity contribution in [3.8, 4) is 5.75 Å². The van der Waals surface area contributed by atoms with Gasteiger partial charge in [0.05, 0.1) is 20.3 Å². The Morgan fingerprint density at radius 3 is 2.72 bits per heavy atom. The molecule has 1 aromatic carbocycles. The van der Waals surface area contributed by atoms with Crippen LogP contribution in [0.3, 0.4) is 0 Å². The number of rotatable bonds is 7. The molecule has 0 radical (unpaired) electrons. The van der Waals surface area contributed by atoms with E-state index < -0.39 is 0 Å². The van der Waals surface area contributed by atoms with E-state index in [0.717, 1.165) is 31.8 Å². The topological polar surface area (TPSA) is 78.1 Å². The second-order valence-electron chi connectivity index (χ2n) is 6.80. The van der Waals surface area contributed by atoms with Crippen LogP contribution < -0.4 is 15.8 Å². The van der Waals surface area contributed by atoms with Gasteiger partial charge < -0.3 is 25.3 Å². The summed E-state index contributed by atoms with van der Waals surface area (Å²) < 4.78 is 16.4. The van der Waals surface area contributed by atoms with E-state index in [1.807, 2.05) is 13.0 Å². The van der Waals surface area contributed by atoms with Crippen LogP contribution in [-0.2, 0) is 14.9 Å². The third kappa shape index (κ3) is 5.09. The van der Waals surface area contributed by atoms with Gasteiger partial charge in [-0.25, -0.2) is 0 Å². The highest BCUT2D eigenvalue weighted by Crippen LogP contribution is 2.40. The number of hydrogen-bond donors (Lipinski definition) is 2. The first kappa shape index (κ1) is 19.5. The molecule has 1 heterocycles. The second kappa shape index (κ2) is 9.06. The number of nitrogens with zero attached hydrogens (tertiary/aromatic N) is 1. The summed E-state index contributed by atoms with van der Waals surface area (Å²) >= 11 is 0. The average molecular weight is 349 g/mol. The highest BCUT2D eigenvalue weighted by Gasteiger charge is 2.37. The maximum atomic E-state index is 6.08. The van der Waals surface area contributed by atoms with Crippen LogP contribution in [0.1, 0.15) is 30.9 Å². The maximum absolute atomic E-state index is 6.08. The molecule has 6 nitrogen and oxygen atoms in total. The van der Waals surface area contributed by atoms with Gasteiger partial charge in [0.1, 0.15) is 5.75 Å². The third-order valence-electron chi connectivity index (χ3n) is 4.74. The molecule has 0 amide bonds. The quantitative estimate of drug-likeness (QED) is 0.581. The number of nitrogens with one attached hydrogen (secondary N) is 1. The average Bonchev–Trinajstić information content (AvgIpc) is 2.61. The van der Waals surface area contributed by atoms with Crippen molar-refractivity contribution in [3.63, 3.8) is 0 Å². The van der Waals surface area contributed by atoms with Crippen LogP contribution in [-0.4, -0.2) is 52.6 Å². The molecule has 0 saturated carbocycles. The molecule has 1 aromatic rings. The summed E-state index contributed by atoms with van der Waals surface area (Å²) in [5, 5.41) is 3.17. The van der Waals surface area contributed by atoms with Crippen molar-refractivity contribution in [1.29, 1.82) is 0 Å². The van der Waals surface area contributed by atoms with E-state index >= 15 is 0 Å². The van der Waals surface area contributed by atoms with E-state index in [1.54, 1.807) is 14.2 Å². The predicted octanol–water partition coefficient (Wildman–Crippen LogP) is 1.99. The van der Waals surface area contributed by atoms with Gasteiger partial charge in [-0.3, -0.25) is 4.99 Å². The van der Waals surface area contributed by atoms with Gasteiger partial charge in [-0.2, -0.15) is 0 Å². The van der Waals surface area contributed by atoms with Crippen molar-refractivity contribution in [3.05, 3.63) is 29.3 Å². The highest BCUT2D eigenvalue weighted by atomic mass is 16.5. The molecule has 0 aromatic heterocycles. The van der Waals surface area contributed by atoms with Gasteiger partial charge in [0, 0.05) is 37.3 Å². The van der Waals surface area contributed by atoms with E-state index in [9.17, 15) is 0 Å². The first-order valence-corrected chi connectivity index (χ1v) is 8.79. The third-order valence-corrected chi connectivity index (χ3v) is 4.74. The van der Waals surface area contributed by atoms with Gasteiger partial charge in [0.25, 0.3) is 0 Å². The van der Waals surface area contributed by atoms with E-state index in [0.29, 0.717) is 19.1 Å². The van der Waals surface area contributed by atoms with Crippen molar-refractivity contribution in [2.75, 3.05) is 40.6 Å². The van der Waals surface area contributed by atoms with Gasteiger partial charge in [0.15, 0.2) is 5.96 Å². The first-order chi connectivity index (χ1) is 12.0. The summed E-state index contributed by atoms with van der Waals surface area (Å²) in [6, 6.07) is 6.43. The Labute approximate surface area is 150 Å².